The molecule has 0 fully saturated rings. The Balaban J connectivity index is 3.82. The lowest BCUT2D eigenvalue weighted by atomic mass is 10.5. The van der Waals surface area contributed by atoms with Crippen LogP contribution in [0.3, 0.4) is 0 Å². The van der Waals surface area contributed by atoms with Crippen LogP contribution in [0.4, 0.5) is 0 Å². The van der Waals surface area contributed by atoms with Gasteiger partial charge in [0, 0.05) is 9.81 Å². The molecule has 0 nitrogen and oxygen atoms in total. The summed E-state index contributed by atoms with van der Waals surface area (Å²) in [5.74, 6) is 0. The van der Waals surface area contributed by atoms with E-state index in [0.29, 0.717) is 0 Å². The topological polar surface area (TPSA) is 0 Å². The number of rotatable bonds is 7. The largest absolute Gasteiger partial charge is 0.0991 e. The maximum atomic E-state index is 3.87. The molecule has 0 radical (unpaired) electrons. The molecule has 0 aromatic rings. The maximum Gasteiger partial charge on any atom is 0.0114 e. The van der Waals surface area contributed by atoms with Crippen LogP contribution >= 0.6 is 21.6 Å². The van der Waals surface area contributed by atoms with Crippen LogP contribution in [0.25, 0.3) is 0 Å². The van der Waals surface area contributed by atoms with Gasteiger partial charge in [-0.25, -0.2) is 0 Å². The van der Waals surface area contributed by atoms with E-state index in [-0.39, 0.29) is 0 Å². The Bertz CT molecular complexity index is 253. The van der Waals surface area contributed by atoms with Gasteiger partial charge in [0.15, 0.2) is 0 Å². The molecule has 14 heavy (non-hydrogen) atoms. The van der Waals surface area contributed by atoms with Crippen molar-refractivity contribution in [1.29, 1.82) is 0 Å². The molecule has 0 aromatic heterocycles. The molecule has 2 heteroatoms. The normalized spacial score (nSPS) is 10.6. The minimum atomic E-state index is 0.975. The van der Waals surface area contributed by atoms with Gasteiger partial charge in [0.25, 0.3) is 0 Å². The lowest BCUT2D eigenvalue weighted by Crippen LogP contribution is -1.64. The molecule has 0 rings (SSSR count). The third kappa shape index (κ3) is 7.77. The summed E-state index contributed by atoms with van der Waals surface area (Å²) in [4.78, 5) is 1.95. The standard InChI is InChI=1S/C12H14S2/c1-5-7-9-11(3)13-14-12(4)10-8-6-2/h5-10H,1-4H2/b9-7-,10-8-. The molecule has 0 aliphatic carbocycles. The molecule has 0 unspecified atom stereocenters. The second kappa shape index (κ2) is 8.73. The van der Waals surface area contributed by atoms with Crippen LogP contribution in [0.1, 0.15) is 0 Å². The van der Waals surface area contributed by atoms with E-state index in [1.165, 1.54) is 0 Å². The summed E-state index contributed by atoms with van der Waals surface area (Å²) in [7, 11) is 3.15. The minimum Gasteiger partial charge on any atom is -0.0991 e. The van der Waals surface area contributed by atoms with Gasteiger partial charge in [-0.15, -0.1) is 0 Å². The molecular formula is C12H14S2. The van der Waals surface area contributed by atoms with Crippen LogP contribution in [0.2, 0.25) is 0 Å². The molecule has 0 saturated carbocycles. The van der Waals surface area contributed by atoms with E-state index in [4.69, 9.17) is 0 Å². The van der Waals surface area contributed by atoms with Crippen molar-refractivity contribution >= 4 is 21.6 Å². The van der Waals surface area contributed by atoms with Gasteiger partial charge in [-0.05, 0) is 12.2 Å². The highest BCUT2D eigenvalue weighted by molar-refractivity contribution is 8.79. The monoisotopic (exact) mass is 222 g/mol. The van der Waals surface area contributed by atoms with Crippen molar-refractivity contribution in [2.45, 2.75) is 0 Å². The molecule has 0 amide bonds. The lowest BCUT2D eigenvalue weighted by molar-refractivity contribution is 1.93. The van der Waals surface area contributed by atoms with E-state index in [1.54, 1.807) is 33.7 Å². The highest BCUT2D eigenvalue weighted by Crippen LogP contribution is 2.35. The Kier molecular flexibility index (Phi) is 8.19. The number of hydrogen-bond acceptors (Lipinski definition) is 2. The SMILES string of the molecule is C=C/C=C\C(=C)SSC(=C)/C=C\C=C. The predicted octanol–water partition coefficient (Wildman–Crippen LogP) is 4.88. The van der Waals surface area contributed by atoms with Gasteiger partial charge < -0.3 is 0 Å². The summed E-state index contributed by atoms with van der Waals surface area (Å²) >= 11 is 0. The molecule has 0 bridgehead atoms. The fourth-order valence-electron chi connectivity index (χ4n) is 0.513. The molecule has 0 aromatic carbocycles. The zero-order valence-electron chi connectivity index (χ0n) is 8.11. The van der Waals surface area contributed by atoms with E-state index in [9.17, 15) is 0 Å². The average Bonchev–Trinajstić information content (AvgIpc) is 2.20. The molecule has 0 aliphatic rings. The third-order valence-corrected chi connectivity index (χ3v) is 3.41. The molecular weight excluding hydrogens is 208 g/mol. The number of hydrogen-bond donors (Lipinski definition) is 0. The van der Waals surface area contributed by atoms with Crippen LogP contribution in [-0.4, -0.2) is 0 Å². The second-order valence-corrected chi connectivity index (χ2v) is 4.67. The van der Waals surface area contributed by atoms with Gasteiger partial charge in [-0.1, -0.05) is 72.2 Å². The summed E-state index contributed by atoms with van der Waals surface area (Å²) in [5, 5.41) is 0. The smallest absolute Gasteiger partial charge is 0.0114 e. The fourth-order valence-corrected chi connectivity index (χ4v) is 1.97. The van der Waals surface area contributed by atoms with Crippen molar-refractivity contribution in [2.75, 3.05) is 0 Å². The predicted molar refractivity (Wildman–Crippen MR) is 72.1 cm³/mol. The van der Waals surface area contributed by atoms with Crippen molar-refractivity contribution in [3.63, 3.8) is 0 Å². The molecule has 0 N–H and O–H groups in total. The van der Waals surface area contributed by atoms with Gasteiger partial charge in [-0.2, -0.15) is 0 Å². The summed E-state index contributed by atoms with van der Waals surface area (Å²) < 4.78 is 0. The Morgan fingerprint density at radius 3 is 1.43 bits per heavy atom. The van der Waals surface area contributed by atoms with Crippen molar-refractivity contribution in [3.05, 3.63) is 72.6 Å². The molecule has 0 atom stereocenters. The van der Waals surface area contributed by atoms with Crippen molar-refractivity contribution in [2.24, 2.45) is 0 Å². The fraction of sp³-hybridized carbons (Fsp3) is 0. The summed E-state index contributed by atoms with van der Waals surface area (Å²) in [6, 6.07) is 0. The van der Waals surface area contributed by atoms with Crippen molar-refractivity contribution in [1.82, 2.24) is 0 Å². The quantitative estimate of drug-likeness (QED) is 0.445. The zero-order chi connectivity index (χ0) is 10.8. The number of allylic oxidation sites excluding steroid dienone is 6. The minimum absolute atomic E-state index is 0.975. The Morgan fingerprint density at radius 1 is 0.786 bits per heavy atom. The maximum absolute atomic E-state index is 3.87. The van der Waals surface area contributed by atoms with Gasteiger partial charge in [-0.3, -0.25) is 0 Å². The Hall–Kier alpha value is -0.860. The van der Waals surface area contributed by atoms with E-state index < -0.39 is 0 Å². The molecule has 0 heterocycles. The van der Waals surface area contributed by atoms with Gasteiger partial charge >= 0.3 is 0 Å². The van der Waals surface area contributed by atoms with E-state index in [1.807, 2.05) is 24.3 Å². The highest BCUT2D eigenvalue weighted by atomic mass is 33.1. The first-order valence-electron chi connectivity index (χ1n) is 4.01. The van der Waals surface area contributed by atoms with E-state index in [2.05, 4.69) is 26.3 Å². The highest BCUT2D eigenvalue weighted by Gasteiger charge is 1.92. The Labute approximate surface area is 94.3 Å². The van der Waals surface area contributed by atoms with Crippen LogP contribution in [0.15, 0.2) is 72.6 Å². The molecule has 74 valence electrons. The van der Waals surface area contributed by atoms with Gasteiger partial charge in [0.05, 0.1) is 0 Å². The lowest BCUT2D eigenvalue weighted by Gasteiger charge is -1.98. The van der Waals surface area contributed by atoms with Crippen LogP contribution in [0, 0.1) is 0 Å². The summed E-state index contributed by atoms with van der Waals surface area (Å²) in [6.45, 7) is 14.9. The van der Waals surface area contributed by atoms with Crippen molar-refractivity contribution < 1.29 is 0 Å². The molecule has 0 aliphatic heterocycles. The third-order valence-electron chi connectivity index (χ3n) is 1.09. The summed E-state index contributed by atoms with van der Waals surface area (Å²) in [5.41, 5.74) is 0. The van der Waals surface area contributed by atoms with E-state index in [0.717, 1.165) is 9.81 Å². The molecule has 0 spiro atoms. The van der Waals surface area contributed by atoms with Crippen LogP contribution in [0.5, 0.6) is 0 Å². The van der Waals surface area contributed by atoms with Gasteiger partial charge in [0.1, 0.15) is 0 Å². The molecule has 0 saturated heterocycles. The first-order chi connectivity index (χ1) is 6.70. The summed E-state index contributed by atoms with van der Waals surface area (Å²) in [6.07, 6.45) is 11.0. The van der Waals surface area contributed by atoms with Crippen LogP contribution in [-0.2, 0) is 0 Å². The Morgan fingerprint density at radius 2 is 1.14 bits per heavy atom. The zero-order valence-corrected chi connectivity index (χ0v) is 9.74. The second-order valence-electron chi connectivity index (χ2n) is 2.29. The van der Waals surface area contributed by atoms with Gasteiger partial charge in [0.2, 0.25) is 0 Å². The first kappa shape index (κ1) is 13.1. The van der Waals surface area contributed by atoms with E-state index >= 15 is 0 Å². The van der Waals surface area contributed by atoms with Crippen molar-refractivity contribution in [3.8, 4) is 0 Å². The van der Waals surface area contributed by atoms with Crippen LogP contribution < -0.4 is 0 Å². The average molecular weight is 222 g/mol. The first-order valence-corrected chi connectivity index (χ1v) is 6.16.